The number of carbonyl (C=O) groups is 2. The van der Waals surface area contributed by atoms with Gasteiger partial charge in [-0.15, -0.1) is 0 Å². The van der Waals surface area contributed by atoms with Gasteiger partial charge in [0.2, 0.25) is 10.0 Å². The van der Waals surface area contributed by atoms with Crippen LogP contribution in [0, 0.1) is 13.8 Å². The fourth-order valence-electron chi connectivity index (χ4n) is 3.81. The summed E-state index contributed by atoms with van der Waals surface area (Å²) in [5.41, 5.74) is 6.02. The van der Waals surface area contributed by atoms with Crippen LogP contribution in [-0.4, -0.2) is 45.9 Å². The van der Waals surface area contributed by atoms with Crippen LogP contribution >= 0.6 is 0 Å². The van der Waals surface area contributed by atoms with Crippen LogP contribution in [0.3, 0.4) is 0 Å². The Morgan fingerprint density at radius 3 is 2.18 bits per heavy atom. The summed E-state index contributed by atoms with van der Waals surface area (Å²) in [7, 11) is -3.69. The lowest BCUT2D eigenvalue weighted by molar-refractivity contribution is -0.123. The maximum atomic E-state index is 12.5. The second kappa shape index (κ2) is 12.9. The molecule has 0 spiro atoms. The molecule has 3 rings (SSSR count). The maximum Gasteiger partial charge on any atom is 0.260 e. The third-order valence-corrected chi connectivity index (χ3v) is 6.82. The Balaban J connectivity index is 1.51. The number of sulfonamides is 1. The minimum atomic E-state index is -3.69. The Bertz CT molecular complexity index is 1370. The van der Waals surface area contributed by atoms with E-state index in [0.29, 0.717) is 17.0 Å². The number of hydrogen-bond donors (Lipinski definition) is 2. The number of hydrazone groups is 1. The molecule has 2 N–H and O–H groups in total. The Hall–Kier alpha value is -4.18. The van der Waals surface area contributed by atoms with Gasteiger partial charge in [-0.05, 0) is 67.3 Å². The molecule has 0 aliphatic carbocycles. The highest BCUT2D eigenvalue weighted by Crippen LogP contribution is 2.26. The minimum Gasteiger partial charge on any atom is -0.484 e. The van der Waals surface area contributed by atoms with Crippen LogP contribution in [0.25, 0.3) is 0 Å². The third kappa shape index (κ3) is 8.17. The molecule has 0 radical (unpaired) electrons. The van der Waals surface area contributed by atoms with Gasteiger partial charge in [-0.3, -0.25) is 13.9 Å². The van der Waals surface area contributed by atoms with Crippen LogP contribution in [0.1, 0.15) is 35.2 Å². The Kier molecular flexibility index (Phi) is 9.61. The van der Waals surface area contributed by atoms with E-state index in [0.717, 1.165) is 27.3 Å². The Morgan fingerprint density at radius 2 is 1.58 bits per heavy atom. The molecule has 3 aromatic rings. The number of nitrogens with one attached hydrogen (secondary N) is 2. The molecule has 0 bridgehead atoms. The first-order valence-electron chi connectivity index (χ1n) is 12.0. The molecule has 10 heteroatoms. The Morgan fingerprint density at radius 1 is 0.947 bits per heavy atom. The summed E-state index contributed by atoms with van der Waals surface area (Å²) in [5.74, 6) is -0.310. The van der Waals surface area contributed by atoms with Crippen LogP contribution in [0.2, 0.25) is 0 Å². The van der Waals surface area contributed by atoms with Crippen molar-refractivity contribution in [2.75, 3.05) is 23.7 Å². The van der Waals surface area contributed by atoms with Crippen molar-refractivity contribution < 1.29 is 22.7 Å². The number of nitrogens with zero attached hydrogens (tertiary/aromatic N) is 2. The lowest BCUT2D eigenvalue weighted by Crippen LogP contribution is -2.39. The number of carbonyl (C=O) groups excluding carboxylic acids is 2. The molecule has 3 aromatic carbocycles. The highest BCUT2D eigenvalue weighted by atomic mass is 32.2. The molecule has 1 atom stereocenters. The normalized spacial score (nSPS) is 12.1. The van der Waals surface area contributed by atoms with Crippen LogP contribution in [0.15, 0.2) is 77.9 Å². The largest absolute Gasteiger partial charge is 0.484 e. The van der Waals surface area contributed by atoms with E-state index >= 15 is 0 Å². The molecule has 0 heterocycles. The summed E-state index contributed by atoms with van der Waals surface area (Å²) in [6, 6.07) is 21.7. The van der Waals surface area contributed by atoms with Crippen LogP contribution in [0.4, 0.5) is 5.69 Å². The van der Waals surface area contributed by atoms with Gasteiger partial charge in [0.25, 0.3) is 11.8 Å². The van der Waals surface area contributed by atoms with E-state index in [1.165, 1.54) is 6.21 Å². The number of para-hydroxylation sites is 1. The molecule has 9 nitrogen and oxygen atoms in total. The minimum absolute atomic E-state index is 0.127. The van der Waals surface area contributed by atoms with Gasteiger partial charge in [-0.1, -0.05) is 48.5 Å². The lowest BCUT2D eigenvalue weighted by Gasteiger charge is -2.25. The molecule has 0 fully saturated rings. The van der Waals surface area contributed by atoms with Gasteiger partial charge in [0.1, 0.15) is 12.3 Å². The first kappa shape index (κ1) is 28.4. The molecule has 200 valence electrons. The molecule has 0 aliphatic rings. The predicted octanol–water partition coefficient (Wildman–Crippen LogP) is 3.48. The molecule has 38 heavy (non-hydrogen) atoms. The molecular formula is C28H32N4O5S. The van der Waals surface area contributed by atoms with Crippen LogP contribution in [-0.2, 0) is 19.6 Å². The van der Waals surface area contributed by atoms with Crippen molar-refractivity contribution in [2.45, 2.75) is 26.8 Å². The zero-order valence-corrected chi connectivity index (χ0v) is 22.7. The second-order valence-electron chi connectivity index (χ2n) is 8.86. The Labute approximate surface area is 223 Å². The second-order valence-corrected chi connectivity index (χ2v) is 10.8. The summed E-state index contributed by atoms with van der Waals surface area (Å²) >= 11 is 0. The molecule has 0 aliphatic heterocycles. The van der Waals surface area contributed by atoms with Gasteiger partial charge in [-0.25, -0.2) is 13.8 Å². The third-order valence-electron chi connectivity index (χ3n) is 5.71. The zero-order chi connectivity index (χ0) is 27.7. The van der Waals surface area contributed by atoms with E-state index in [9.17, 15) is 18.0 Å². The van der Waals surface area contributed by atoms with Crippen molar-refractivity contribution in [3.63, 3.8) is 0 Å². The number of rotatable bonds is 11. The topological polar surface area (TPSA) is 117 Å². The van der Waals surface area contributed by atoms with Crippen LogP contribution < -0.4 is 19.8 Å². The lowest BCUT2D eigenvalue weighted by atomic mass is 10.1. The smallest absolute Gasteiger partial charge is 0.260 e. The first-order chi connectivity index (χ1) is 18.0. The molecular weight excluding hydrogens is 504 g/mol. The monoisotopic (exact) mass is 536 g/mol. The van der Waals surface area contributed by atoms with E-state index in [2.05, 4.69) is 15.8 Å². The summed E-state index contributed by atoms with van der Waals surface area (Å²) in [4.78, 5) is 24.7. The standard InChI is InChI=1S/C28H32N4O5S/c1-20-9-8-10-21(2)28(20)32(38(4,35)36)18-26(33)31-29-17-23-13-15-25(16-14-23)37-19-27(34)30-22(3)24-11-6-5-7-12-24/h5-17,22H,18-19H2,1-4H3,(H,30,34)(H,31,33)/b29-17-/t22-/m1/s1. The van der Waals surface area contributed by atoms with E-state index in [1.54, 1.807) is 50.2 Å². The van der Waals surface area contributed by atoms with E-state index in [4.69, 9.17) is 4.74 Å². The number of hydrogen-bond acceptors (Lipinski definition) is 6. The highest BCUT2D eigenvalue weighted by molar-refractivity contribution is 7.92. The summed E-state index contributed by atoms with van der Waals surface area (Å²) in [6.45, 7) is 4.96. The SMILES string of the molecule is Cc1cccc(C)c1N(CC(=O)N/N=C\c1ccc(OCC(=O)N[C@H](C)c2ccccc2)cc1)S(C)(=O)=O. The number of amides is 2. The van der Waals surface area contributed by atoms with Gasteiger partial charge < -0.3 is 10.1 Å². The molecule has 0 saturated carbocycles. The first-order valence-corrected chi connectivity index (χ1v) is 13.8. The van der Waals surface area contributed by atoms with Crippen LogP contribution in [0.5, 0.6) is 5.75 Å². The summed E-state index contributed by atoms with van der Waals surface area (Å²) < 4.78 is 31.4. The molecule has 0 aromatic heterocycles. The van der Waals surface area contributed by atoms with Gasteiger partial charge in [0, 0.05) is 0 Å². The van der Waals surface area contributed by atoms with Crippen molar-refractivity contribution in [3.05, 3.63) is 95.1 Å². The van der Waals surface area contributed by atoms with E-state index < -0.39 is 22.5 Å². The van der Waals surface area contributed by atoms with Gasteiger partial charge >= 0.3 is 0 Å². The number of aryl methyl sites for hydroxylation is 2. The highest BCUT2D eigenvalue weighted by Gasteiger charge is 2.23. The average Bonchev–Trinajstić information content (AvgIpc) is 2.87. The van der Waals surface area contributed by atoms with Crippen molar-refractivity contribution in [3.8, 4) is 5.75 Å². The number of ether oxygens (including phenoxy) is 1. The zero-order valence-electron chi connectivity index (χ0n) is 21.8. The van der Waals surface area contributed by atoms with Gasteiger partial charge in [-0.2, -0.15) is 5.10 Å². The van der Waals surface area contributed by atoms with E-state index in [1.807, 2.05) is 43.3 Å². The molecule has 0 saturated heterocycles. The predicted molar refractivity (Wildman–Crippen MR) is 149 cm³/mol. The quantitative estimate of drug-likeness (QED) is 0.288. The van der Waals surface area contributed by atoms with Crippen molar-refractivity contribution in [2.24, 2.45) is 5.10 Å². The molecule has 0 unspecified atom stereocenters. The van der Waals surface area contributed by atoms with Gasteiger partial charge in [0.15, 0.2) is 6.61 Å². The van der Waals surface area contributed by atoms with Crippen molar-refractivity contribution in [1.82, 2.24) is 10.7 Å². The fraction of sp³-hybridized carbons (Fsp3) is 0.250. The number of benzene rings is 3. The maximum absolute atomic E-state index is 12.5. The van der Waals surface area contributed by atoms with E-state index in [-0.39, 0.29) is 18.6 Å². The summed E-state index contributed by atoms with van der Waals surface area (Å²) in [5, 5.41) is 6.82. The van der Waals surface area contributed by atoms with Crippen molar-refractivity contribution >= 4 is 33.7 Å². The molecule has 2 amide bonds. The van der Waals surface area contributed by atoms with Crippen molar-refractivity contribution in [1.29, 1.82) is 0 Å². The number of anilines is 1. The van der Waals surface area contributed by atoms with Gasteiger partial charge in [0.05, 0.1) is 24.2 Å². The summed E-state index contributed by atoms with van der Waals surface area (Å²) in [6.07, 6.45) is 2.49. The average molecular weight is 537 g/mol. The fourth-order valence-corrected chi connectivity index (χ4v) is 4.78.